The van der Waals surface area contributed by atoms with Crippen molar-refractivity contribution >= 4 is 9.84 Å². The van der Waals surface area contributed by atoms with Crippen LogP contribution in [0.15, 0.2) is 16.5 Å². The van der Waals surface area contributed by atoms with Gasteiger partial charge in [-0.15, -0.1) is 0 Å². The minimum absolute atomic E-state index is 0.128. The molecule has 1 aliphatic rings. The zero-order valence-corrected chi connectivity index (χ0v) is 14.1. The number of hydrogen-bond acceptors (Lipinski definition) is 4. The van der Waals surface area contributed by atoms with Gasteiger partial charge >= 0.3 is 0 Å². The van der Waals surface area contributed by atoms with Crippen LogP contribution in [-0.4, -0.2) is 26.5 Å². The largest absolute Gasteiger partial charge is 0.465 e. The fraction of sp³-hybridized carbons (Fsp3) is 0.750. The molecule has 0 bridgehead atoms. The first-order valence-corrected chi connectivity index (χ1v) is 9.86. The molecule has 0 radical (unpaired) electrons. The summed E-state index contributed by atoms with van der Waals surface area (Å²) >= 11 is 0. The molecule has 0 amide bonds. The Bertz CT molecular complexity index is 550. The third-order valence-electron chi connectivity index (χ3n) is 4.43. The standard InChI is InChI=1S/C16H27NO3S/c1-4-10-17-16(15-9-8-12(2)20-15)13-6-5-7-14(11-13)21(3,18)19/h8-9,13-14,16-17H,4-7,10-11H2,1-3H3. The third kappa shape index (κ3) is 4.33. The maximum absolute atomic E-state index is 11.9. The molecule has 1 N–H and O–H groups in total. The van der Waals surface area contributed by atoms with Crippen LogP contribution in [0.2, 0.25) is 0 Å². The van der Waals surface area contributed by atoms with Gasteiger partial charge in [0.25, 0.3) is 0 Å². The summed E-state index contributed by atoms with van der Waals surface area (Å²) in [4.78, 5) is 0. The lowest BCUT2D eigenvalue weighted by atomic mass is 9.82. The Morgan fingerprint density at radius 2 is 2.14 bits per heavy atom. The van der Waals surface area contributed by atoms with Crippen molar-refractivity contribution in [1.29, 1.82) is 0 Å². The van der Waals surface area contributed by atoms with Gasteiger partial charge in [0.2, 0.25) is 0 Å². The summed E-state index contributed by atoms with van der Waals surface area (Å²) in [6.45, 7) is 5.00. The van der Waals surface area contributed by atoms with Gasteiger partial charge in [-0.1, -0.05) is 13.3 Å². The van der Waals surface area contributed by atoms with Crippen molar-refractivity contribution in [2.24, 2.45) is 5.92 Å². The average molecular weight is 313 g/mol. The van der Waals surface area contributed by atoms with E-state index in [1.807, 2.05) is 19.1 Å². The van der Waals surface area contributed by atoms with Crippen LogP contribution in [0.25, 0.3) is 0 Å². The van der Waals surface area contributed by atoms with Crippen LogP contribution < -0.4 is 5.32 Å². The molecule has 0 aromatic carbocycles. The van der Waals surface area contributed by atoms with E-state index in [0.29, 0.717) is 5.92 Å². The first-order chi connectivity index (χ1) is 9.91. The summed E-state index contributed by atoms with van der Waals surface area (Å²) in [6.07, 6.45) is 6.00. The van der Waals surface area contributed by atoms with E-state index in [-0.39, 0.29) is 11.3 Å². The molecule has 1 fully saturated rings. The van der Waals surface area contributed by atoms with Crippen LogP contribution in [0, 0.1) is 12.8 Å². The highest BCUT2D eigenvalue weighted by molar-refractivity contribution is 7.91. The molecular weight excluding hydrogens is 286 g/mol. The lowest BCUT2D eigenvalue weighted by Crippen LogP contribution is -2.35. The fourth-order valence-electron chi connectivity index (χ4n) is 3.29. The van der Waals surface area contributed by atoms with Gasteiger partial charge in [0.1, 0.15) is 21.4 Å². The number of furan rings is 1. The van der Waals surface area contributed by atoms with E-state index in [1.54, 1.807) is 0 Å². The fourth-order valence-corrected chi connectivity index (χ4v) is 4.48. The molecule has 120 valence electrons. The molecule has 0 spiro atoms. The molecule has 1 aromatic rings. The summed E-state index contributed by atoms with van der Waals surface area (Å²) in [5, 5.41) is 3.36. The van der Waals surface area contributed by atoms with E-state index in [4.69, 9.17) is 4.42 Å². The molecule has 1 aliphatic carbocycles. The van der Waals surface area contributed by atoms with Gasteiger partial charge in [0.05, 0.1) is 11.3 Å². The van der Waals surface area contributed by atoms with E-state index in [1.165, 1.54) is 6.26 Å². The van der Waals surface area contributed by atoms with E-state index < -0.39 is 9.84 Å². The minimum Gasteiger partial charge on any atom is -0.465 e. The second-order valence-corrected chi connectivity index (χ2v) is 8.58. The van der Waals surface area contributed by atoms with Crippen LogP contribution in [0.4, 0.5) is 0 Å². The van der Waals surface area contributed by atoms with Crippen molar-refractivity contribution in [3.8, 4) is 0 Å². The monoisotopic (exact) mass is 313 g/mol. The van der Waals surface area contributed by atoms with Crippen molar-refractivity contribution in [3.63, 3.8) is 0 Å². The highest BCUT2D eigenvalue weighted by atomic mass is 32.2. The summed E-state index contributed by atoms with van der Waals surface area (Å²) in [5.41, 5.74) is 0. The van der Waals surface area contributed by atoms with Gasteiger partial charge in [-0.05, 0) is 57.2 Å². The lowest BCUT2D eigenvalue weighted by molar-refractivity contribution is 0.243. The predicted octanol–water partition coefficient (Wildman–Crippen LogP) is 3.23. The van der Waals surface area contributed by atoms with Crippen LogP contribution in [0.5, 0.6) is 0 Å². The molecule has 3 unspecified atom stereocenters. The number of hydrogen-bond donors (Lipinski definition) is 1. The first-order valence-electron chi connectivity index (χ1n) is 7.90. The summed E-state index contributed by atoms with van der Waals surface area (Å²) in [6, 6.07) is 4.13. The summed E-state index contributed by atoms with van der Waals surface area (Å²) < 4.78 is 29.5. The Labute approximate surface area is 128 Å². The minimum atomic E-state index is -2.95. The van der Waals surface area contributed by atoms with Gasteiger partial charge in [-0.2, -0.15) is 0 Å². The van der Waals surface area contributed by atoms with E-state index in [2.05, 4.69) is 12.2 Å². The average Bonchev–Trinajstić information content (AvgIpc) is 2.85. The quantitative estimate of drug-likeness (QED) is 0.876. The van der Waals surface area contributed by atoms with Crippen molar-refractivity contribution < 1.29 is 12.8 Å². The van der Waals surface area contributed by atoms with Crippen LogP contribution in [0.3, 0.4) is 0 Å². The summed E-state index contributed by atoms with van der Waals surface area (Å²) in [7, 11) is -2.95. The van der Waals surface area contributed by atoms with E-state index >= 15 is 0 Å². The van der Waals surface area contributed by atoms with Gasteiger partial charge in [-0.25, -0.2) is 8.42 Å². The molecule has 5 heteroatoms. The maximum atomic E-state index is 11.9. The highest BCUT2D eigenvalue weighted by Crippen LogP contribution is 2.37. The number of nitrogens with one attached hydrogen (secondary N) is 1. The molecular formula is C16H27NO3S. The van der Waals surface area contributed by atoms with Crippen molar-refractivity contribution in [2.75, 3.05) is 12.8 Å². The summed E-state index contributed by atoms with van der Waals surface area (Å²) in [5.74, 6) is 2.18. The zero-order valence-electron chi connectivity index (χ0n) is 13.3. The SMILES string of the molecule is CCCNC(c1ccc(C)o1)C1CCCC(S(C)(=O)=O)C1. The Balaban J connectivity index is 2.16. The molecule has 4 nitrogen and oxygen atoms in total. The number of aryl methyl sites for hydroxylation is 1. The third-order valence-corrected chi connectivity index (χ3v) is 6.06. The molecule has 2 rings (SSSR count). The molecule has 0 saturated heterocycles. The molecule has 21 heavy (non-hydrogen) atoms. The van der Waals surface area contributed by atoms with Gasteiger partial charge in [0, 0.05) is 6.26 Å². The van der Waals surface area contributed by atoms with Crippen molar-refractivity contribution in [1.82, 2.24) is 5.32 Å². The van der Waals surface area contributed by atoms with Crippen molar-refractivity contribution in [3.05, 3.63) is 23.7 Å². The van der Waals surface area contributed by atoms with Crippen LogP contribution >= 0.6 is 0 Å². The highest BCUT2D eigenvalue weighted by Gasteiger charge is 2.34. The molecule has 1 heterocycles. The van der Waals surface area contributed by atoms with E-state index in [9.17, 15) is 8.42 Å². The van der Waals surface area contributed by atoms with E-state index in [0.717, 1.165) is 50.2 Å². The maximum Gasteiger partial charge on any atom is 0.150 e. The topological polar surface area (TPSA) is 59.3 Å². The van der Waals surface area contributed by atoms with Gasteiger partial charge in [0.15, 0.2) is 0 Å². The molecule has 0 aliphatic heterocycles. The smallest absolute Gasteiger partial charge is 0.150 e. The second kappa shape index (κ2) is 6.97. The Kier molecular flexibility index (Phi) is 5.49. The Hall–Kier alpha value is -0.810. The molecule has 1 aromatic heterocycles. The Morgan fingerprint density at radius 3 is 2.71 bits per heavy atom. The normalized spacial score (nSPS) is 24.9. The van der Waals surface area contributed by atoms with Crippen LogP contribution in [-0.2, 0) is 9.84 Å². The second-order valence-electron chi connectivity index (χ2n) is 6.26. The predicted molar refractivity (Wildman–Crippen MR) is 85.1 cm³/mol. The Morgan fingerprint density at radius 1 is 1.38 bits per heavy atom. The molecule has 3 atom stereocenters. The zero-order chi connectivity index (χ0) is 15.5. The molecule has 1 saturated carbocycles. The number of rotatable bonds is 6. The first kappa shape index (κ1) is 16.6. The number of sulfone groups is 1. The van der Waals surface area contributed by atoms with Gasteiger partial charge in [-0.3, -0.25) is 0 Å². The van der Waals surface area contributed by atoms with Gasteiger partial charge < -0.3 is 9.73 Å². The van der Waals surface area contributed by atoms with Crippen molar-refractivity contribution in [2.45, 2.75) is 57.2 Å². The van der Waals surface area contributed by atoms with Crippen LogP contribution in [0.1, 0.15) is 56.6 Å². The lowest BCUT2D eigenvalue weighted by Gasteiger charge is -2.33.